The van der Waals surface area contributed by atoms with Crippen LogP contribution in [0.25, 0.3) is 5.32 Å². The first-order valence-electron chi connectivity index (χ1n) is 5.20. The average molecular weight is 458 g/mol. The van der Waals surface area contributed by atoms with Crippen molar-refractivity contribution in [2.24, 2.45) is 0 Å². The molecule has 0 unspecified atom stereocenters. The van der Waals surface area contributed by atoms with Crippen molar-refractivity contribution in [3.05, 3.63) is 5.32 Å². The molecule has 0 fully saturated rings. The number of rotatable bonds is 8. The smallest absolute Gasteiger partial charge is 0 e. The molecule has 0 heterocycles. The van der Waals surface area contributed by atoms with E-state index in [1.165, 1.54) is 3.90 Å². The molecule has 0 bridgehead atoms. The Hall–Kier alpha value is 1.38. The van der Waals surface area contributed by atoms with Crippen molar-refractivity contribution in [2.75, 3.05) is 33.2 Å². The molecule has 0 aromatic carbocycles. The van der Waals surface area contributed by atoms with Gasteiger partial charge in [-0.25, -0.2) is 0 Å². The van der Waals surface area contributed by atoms with Gasteiger partial charge in [-0.1, -0.05) is 0 Å². The van der Waals surface area contributed by atoms with Gasteiger partial charge in [0.05, 0.1) is 0 Å². The van der Waals surface area contributed by atoms with Crippen molar-refractivity contribution in [1.82, 2.24) is 4.90 Å². The molecule has 0 aromatic heterocycles. The Balaban J connectivity index is 0. The largest absolute Gasteiger partial charge is 0 e. The molecule has 0 N–H and O–H groups in total. The quantitative estimate of drug-likeness (QED) is 0.520. The van der Waals surface area contributed by atoms with E-state index in [0.717, 1.165) is 39.0 Å². The summed E-state index contributed by atoms with van der Waals surface area (Å²) in [5.74, 6) is 0. The Morgan fingerprint density at radius 1 is 1.33 bits per heavy atom. The Morgan fingerprint density at radius 2 is 2.00 bits per heavy atom. The van der Waals surface area contributed by atoms with Gasteiger partial charge in [-0.3, -0.25) is 0 Å². The van der Waals surface area contributed by atoms with E-state index in [1.54, 1.807) is 0 Å². The molecule has 0 amide bonds. The number of hydrogen-bond donors (Lipinski definition) is 0. The minimum absolute atomic E-state index is 0. The van der Waals surface area contributed by atoms with Crippen LogP contribution >= 0.6 is 0 Å². The molecule has 3 nitrogen and oxygen atoms in total. The van der Waals surface area contributed by atoms with Crippen LogP contribution < -0.4 is 0 Å². The predicted octanol–water partition coefficient (Wildman–Crippen LogP) is 1.71. The van der Waals surface area contributed by atoms with Crippen molar-refractivity contribution in [3.63, 3.8) is 0 Å². The Morgan fingerprint density at radius 3 is 2.47 bits per heavy atom. The topological polar surface area (TPSA) is 34.4 Å². The molecule has 0 saturated heterocycles. The van der Waals surface area contributed by atoms with E-state index in [-0.39, 0.29) is 32.7 Å². The second-order valence-corrected chi connectivity index (χ2v) is 6.14. The first kappa shape index (κ1) is 18.7. The molecule has 0 rings (SSSR count). The third-order valence-electron chi connectivity index (χ3n) is 1.84. The van der Waals surface area contributed by atoms with Gasteiger partial charge in [0.25, 0.3) is 0 Å². The molecule has 0 aliphatic rings. The number of nitrogens with zero attached hydrogens (tertiary/aromatic N) is 2. The first-order chi connectivity index (χ1) is 6.74. The van der Waals surface area contributed by atoms with Gasteiger partial charge < -0.3 is 0 Å². The molecule has 0 aromatic rings. The van der Waals surface area contributed by atoms with Crippen LogP contribution in [-0.4, -0.2) is 42.0 Å². The Labute approximate surface area is 127 Å². The van der Waals surface area contributed by atoms with Crippen LogP contribution in [0.4, 0.5) is 0 Å². The van der Waals surface area contributed by atoms with Gasteiger partial charge in [0.2, 0.25) is 0 Å². The zero-order valence-electron chi connectivity index (χ0n) is 10.0. The fraction of sp³-hybridized carbons (Fsp3) is 0.900. The van der Waals surface area contributed by atoms with Gasteiger partial charge in [0, 0.05) is 32.7 Å². The average Bonchev–Trinajstić information content (AvgIpc) is 2.17. The summed E-state index contributed by atoms with van der Waals surface area (Å²) in [4.78, 5) is 2.23. The summed E-state index contributed by atoms with van der Waals surface area (Å²) >= 11 is -1.46. The van der Waals surface area contributed by atoms with Crippen molar-refractivity contribution >= 4 is 3.90 Å². The molecule has 0 aliphatic heterocycles. The molecule has 0 aliphatic carbocycles. The summed E-state index contributed by atoms with van der Waals surface area (Å²) < 4.78 is 12.2. The van der Waals surface area contributed by atoms with Crippen LogP contribution in [0, 0.1) is 0 Å². The van der Waals surface area contributed by atoms with E-state index < -0.39 is 18.1 Å². The normalized spacial score (nSPS) is 9.87. The standard InChI is InChI=1S/C10H21N2.O.W.Y/c1-4-7-11-8-6-10-12(3)9-5-2;;;/h4-5,7-10H2,1-3H3;;;/q-1;;;. The molecule has 0 saturated carbocycles. The van der Waals surface area contributed by atoms with Gasteiger partial charge in [-0.15, -0.1) is 0 Å². The summed E-state index contributed by atoms with van der Waals surface area (Å²) in [6.45, 7) is 7.87. The van der Waals surface area contributed by atoms with E-state index in [9.17, 15) is 3.40 Å². The molecule has 0 atom stereocenters. The summed E-state index contributed by atoms with van der Waals surface area (Å²) in [5.41, 5.74) is 0. The molecule has 5 heteroatoms. The fourth-order valence-electron chi connectivity index (χ4n) is 1.23. The SMILES string of the molecule is CCC[N-]C[C](CN(C)CCC)=[W]=[O].[Y]. The zero-order valence-corrected chi connectivity index (χ0v) is 15.8. The van der Waals surface area contributed by atoms with Crippen LogP contribution in [-0.2, 0) is 54.2 Å². The van der Waals surface area contributed by atoms with E-state index >= 15 is 0 Å². The fourth-order valence-corrected chi connectivity index (χ4v) is 2.72. The summed E-state index contributed by atoms with van der Waals surface area (Å²) in [6.07, 6.45) is 2.24. The maximum atomic E-state index is 11.0. The van der Waals surface area contributed by atoms with Gasteiger partial charge in [-0.2, -0.15) is 0 Å². The second-order valence-electron chi connectivity index (χ2n) is 3.47. The van der Waals surface area contributed by atoms with Crippen molar-refractivity contribution in [2.45, 2.75) is 26.7 Å². The maximum Gasteiger partial charge on any atom is 0 e. The van der Waals surface area contributed by atoms with E-state index in [1.807, 2.05) is 0 Å². The maximum absolute atomic E-state index is 11.0. The molecular weight excluding hydrogens is 437 g/mol. The minimum atomic E-state index is -1.46. The van der Waals surface area contributed by atoms with Gasteiger partial charge in [0.15, 0.2) is 0 Å². The van der Waals surface area contributed by atoms with Crippen LogP contribution in [0.5, 0.6) is 0 Å². The monoisotopic (exact) mass is 458 g/mol. The van der Waals surface area contributed by atoms with Gasteiger partial charge >= 0.3 is 95.5 Å². The summed E-state index contributed by atoms with van der Waals surface area (Å²) in [7, 11) is 2.08. The van der Waals surface area contributed by atoms with Crippen molar-refractivity contribution in [3.8, 4) is 0 Å². The van der Waals surface area contributed by atoms with Crippen molar-refractivity contribution < 1.29 is 54.2 Å². The third kappa shape index (κ3) is 11.6. The Bertz CT molecular complexity index is 196. The van der Waals surface area contributed by atoms with Crippen molar-refractivity contribution in [1.29, 1.82) is 0 Å². The van der Waals surface area contributed by atoms with E-state index in [4.69, 9.17) is 0 Å². The second kappa shape index (κ2) is 13.4. The zero-order chi connectivity index (χ0) is 10.8. The van der Waals surface area contributed by atoms with Gasteiger partial charge in [-0.05, 0) is 0 Å². The van der Waals surface area contributed by atoms with Gasteiger partial charge in [0.1, 0.15) is 0 Å². The van der Waals surface area contributed by atoms with Crippen LogP contribution in [0.3, 0.4) is 0 Å². The Kier molecular flexibility index (Phi) is 16.8. The summed E-state index contributed by atoms with van der Waals surface area (Å²) in [5, 5.41) is 4.35. The molecule has 0 spiro atoms. The van der Waals surface area contributed by atoms with Crippen LogP contribution in [0.2, 0.25) is 0 Å². The summed E-state index contributed by atoms with van der Waals surface area (Å²) in [6, 6.07) is 0. The molecule has 1 radical (unpaired) electrons. The molecular formula is C10H21N2OWY-. The minimum Gasteiger partial charge on any atom is 0 e. The predicted molar refractivity (Wildman–Crippen MR) is 56.9 cm³/mol. The first-order valence-corrected chi connectivity index (χ1v) is 7.87. The number of hydrogen-bond acceptors (Lipinski definition) is 2. The third-order valence-corrected chi connectivity index (χ3v) is 3.61. The van der Waals surface area contributed by atoms with Crippen LogP contribution in [0.1, 0.15) is 26.7 Å². The molecule has 87 valence electrons. The van der Waals surface area contributed by atoms with E-state index in [0.29, 0.717) is 0 Å². The van der Waals surface area contributed by atoms with E-state index in [2.05, 4.69) is 31.1 Å². The molecule has 15 heavy (non-hydrogen) atoms. The van der Waals surface area contributed by atoms with Crippen LogP contribution in [0.15, 0.2) is 0 Å².